The van der Waals surface area contributed by atoms with Crippen molar-refractivity contribution in [3.05, 3.63) is 69.8 Å². The van der Waals surface area contributed by atoms with Crippen LogP contribution in [0.25, 0.3) is 17.0 Å². The van der Waals surface area contributed by atoms with Gasteiger partial charge in [-0.05, 0) is 67.1 Å². The summed E-state index contributed by atoms with van der Waals surface area (Å²) in [6, 6.07) is 7.09. The summed E-state index contributed by atoms with van der Waals surface area (Å²) < 4.78 is 87.1. The first-order chi connectivity index (χ1) is 20.2. The number of rotatable bonds is 4. The van der Waals surface area contributed by atoms with Gasteiger partial charge < -0.3 is 9.64 Å². The average molecular weight is 624 g/mol. The van der Waals surface area contributed by atoms with Crippen LogP contribution in [0.3, 0.4) is 0 Å². The number of morpholine rings is 1. The lowest BCUT2D eigenvalue weighted by molar-refractivity contribution is -0.143. The number of carbonyl (C=O) groups is 1. The number of ether oxygens (including phenoxy) is 1. The lowest BCUT2D eigenvalue weighted by Crippen LogP contribution is -2.64. The molecule has 2 fully saturated rings. The summed E-state index contributed by atoms with van der Waals surface area (Å²) in [7, 11) is 0. The molecular weight excluding hydrogens is 596 g/mol. The van der Waals surface area contributed by atoms with Crippen LogP contribution >= 0.6 is 11.8 Å². The number of likely N-dealkylation sites (tertiary alicyclic amines) is 1. The molecule has 43 heavy (non-hydrogen) atoms. The van der Waals surface area contributed by atoms with Crippen LogP contribution in [0.5, 0.6) is 0 Å². The maximum atomic E-state index is 13.6. The Bertz CT molecular complexity index is 1620. The number of hydrogen-bond donors (Lipinski definition) is 0. The number of amides is 1. The maximum Gasteiger partial charge on any atom is 0.416 e. The smallest absolute Gasteiger partial charge is 0.373 e. The molecule has 4 heterocycles. The summed E-state index contributed by atoms with van der Waals surface area (Å²) in [6.07, 6.45) is -6.33. The number of carbonyl (C=O) groups excluding carboxylic acids is 1. The third-order valence-electron chi connectivity index (χ3n) is 7.73. The number of amidine groups is 1. The second kappa shape index (κ2) is 11.0. The van der Waals surface area contributed by atoms with E-state index in [9.17, 15) is 31.1 Å². The molecule has 6 rings (SSSR count). The van der Waals surface area contributed by atoms with Gasteiger partial charge in [-0.3, -0.25) is 14.4 Å². The molecule has 0 spiro atoms. The van der Waals surface area contributed by atoms with E-state index in [-0.39, 0.29) is 36.3 Å². The van der Waals surface area contributed by atoms with Crippen molar-refractivity contribution in [3.63, 3.8) is 0 Å². The molecule has 0 bridgehead atoms. The van der Waals surface area contributed by atoms with Gasteiger partial charge in [-0.2, -0.15) is 36.4 Å². The number of hydrogen-bond acceptors (Lipinski definition) is 6. The molecule has 3 aliphatic rings. The summed E-state index contributed by atoms with van der Waals surface area (Å²) in [5.41, 5.74) is -1.88. The van der Waals surface area contributed by atoms with Crippen LogP contribution in [0.1, 0.15) is 36.1 Å². The van der Waals surface area contributed by atoms with Crippen LogP contribution in [0, 0.1) is 0 Å². The highest BCUT2D eigenvalue weighted by atomic mass is 32.2. The van der Waals surface area contributed by atoms with Gasteiger partial charge >= 0.3 is 12.4 Å². The molecule has 228 valence electrons. The molecule has 0 unspecified atom stereocenters. The van der Waals surface area contributed by atoms with E-state index < -0.39 is 23.5 Å². The van der Waals surface area contributed by atoms with Gasteiger partial charge in [-0.1, -0.05) is 12.1 Å². The van der Waals surface area contributed by atoms with Crippen LogP contribution in [-0.2, 0) is 28.4 Å². The second-order valence-electron chi connectivity index (χ2n) is 11.1. The SMILES string of the molecule is C[C@@H]1CN(C2CN(C3=NC(=O)C(=Cc4ccc5c(cnn5Cc5ccc(C(F)(F)F)cc5C(F)(F)F)c4)S3)C2)C[C@H](C)O1. The Morgan fingerprint density at radius 3 is 2.37 bits per heavy atom. The fraction of sp³-hybridized carbons (Fsp3) is 0.414. The topological polar surface area (TPSA) is 63.0 Å². The largest absolute Gasteiger partial charge is 0.416 e. The van der Waals surface area contributed by atoms with E-state index in [1.54, 1.807) is 24.3 Å². The molecule has 0 N–H and O–H groups in total. The minimum atomic E-state index is -4.97. The molecule has 14 heteroatoms. The highest BCUT2D eigenvalue weighted by molar-refractivity contribution is 8.18. The van der Waals surface area contributed by atoms with Gasteiger partial charge in [0.05, 0.1) is 46.5 Å². The number of alkyl halides is 6. The molecule has 2 saturated heterocycles. The third-order valence-corrected chi connectivity index (χ3v) is 8.78. The first-order valence-corrected chi connectivity index (χ1v) is 14.5. The van der Waals surface area contributed by atoms with Crippen molar-refractivity contribution in [2.75, 3.05) is 26.2 Å². The Morgan fingerprint density at radius 1 is 0.977 bits per heavy atom. The lowest BCUT2D eigenvalue weighted by atomic mass is 10.0. The number of benzene rings is 2. The van der Waals surface area contributed by atoms with Crippen LogP contribution in [0.2, 0.25) is 0 Å². The molecule has 7 nitrogen and oxygen atoms in total. The monoisotopic (exact) mass is 623 g/mol. The fourth-order valence-electron chi connectivity index (χ4n) is 5.68. The van der Waals surface area contributed by atoms with Gasteiger partial charge in [0.1, 0.15) is 0 Å². The number of fused-ring (bicyclic) bond motifs is 1. The molecule has 1 amide bonds. The van der Waals surface area contributed by atoms with Gasteiger partial charge in [-0.25, -0.2) is 0 Å². The standard InChI is InChI=1S/C29H27F6N5O2S/c1-16-11-38(12-17(2)42-16)22-14-39(15-22)27-37-26(41)25(43-27)8-18-3-6-24-20(7-18)10-36-40(24)13-19-4-5-21(28(30,31)32)9-23(19)29(33,34)35/h3-10,16-17,22H,11-15H2,1-2H3/t16-,17+. The molecule has 2 atom stereocenters. The van der Waals surface area contributed by atoms with E-state index in [2.05, 4.69) is 33.7 Å². The van der Waals surface area contributed by atoms with Crippen molar-refractivity contribution in [1.82, 2.24) is 19.6 Å². The summed E-state index contributed by atoms with van der Waals surface area (Å²) in [4.78, 5) is 21.9. The van der Waals surface area contributed by atoms with Gasteiger partial charge in [0.2, 0.25) is 0 Å². The fourth-order valence-corrected chi connectivity index (χ4v) is 6.61. The minimum Gasteiger partial charge on any atom is -0.373 e. The Labute approximate surface area is 247 Å². The third kappa shape index (κ3) is 6.18. The lowest BCUT2D eigenvalue weighted by Gasteiger charge is -2.49. The van der Waals surface area contributed by atoms with Crippen LogP contribution in [0.4, 0.5) is 26.3 Å². The summed E-state index contributed by atoms with van der Waals surface area (Å²) in [6.45, 7) is 7.08. The zero-order valence-electron chi connectivity index (χ0n) is 23.1. The van der Waals surface area contributed by atoms with E-state index in [4.69, 9.17) is 4.74 Å². The van der Waals surface area contributed by atoms with E-state index in [1.165, 1.54) is 22.6 Å². The number of nitrogens with zero attached hydrogens (tertiary/aromatic N) is 5. The Balaban J connectivity index is 1.14. The minimum absolute atomic E-state index is 0.127. The average Bonchev–Trinajstić information content (AvgIpc) is 3.44. The first kappa shape index (κ1) is 29.7. The molecule has 3 aromatic rings. The normalized spacial score (nSPS) is 23.3. The zero-order valence-corrected chi connectivity index (χ0v) is 23.9. The van der Waals surface area contributed by atoms with Crippen LogP contribution in [-0.4, -0.2) is 75.1 Å². The van der Waals surface area contributed by atoms with Crippen molar-refractivity contribution >= 4 is 39.8 Å². The summed E-state index contributed by atoms with van der Waals surface area (Å²) in [5, 5.41) is 5.44. The second-order valence-corrected chi connectivity index (χ2v) is 12.1. The highest BCUT2D eigenvalue weighted by Crippen LogP contribution is 2.38. The van der Waals surface area contributed by atoms with Crippen molar-refractivity contribution in [2.24, 2.45) is 4.99 Å². The van der Waals surface area contributed by atoms with Crippen molar-refractivity contribution < 1.29 is 35.9 Å². The molecule has 0 aliphatic carbocycles. The molecule has 3 aliphatic heterocycles. The first-order valence-electron chi connectivity index (χ1n) is 13.6. The molecule has 0 saturated carbocycles. The van der Waals surface area contributed by atoms with Crippen LogP contribution < -0.4 is 0 Å². The van der Waals surface area contributed by atoms with Gasteiger partial charge in [0, 0.05) is 37.6 Å². The zero-order chi connectivity index (χ0) is 30.7. The van der Waals surface area contributed by atoms with Crippen LogP contribution in [0.15, 0.2) is 52.5 Å². The molecular formula is C29H27F6N5O2S. The van der Waals surface area contributed by atoms with E-state index in [0.717, 1.165) is 32.2 Å². The van der Waals surface area contributed by atoms with Gasteiger partial charge in [0.15, 0.2) is 5.17 Å². The van der Waals surface area contributed by atoms with Crippen molar-refractivity contribution in [2.45, 2.75) is 51.0 Å². The van der Waals surface area contributed by atoms with E-state index in [0.29, 0.717) is 38.6 Å². The Morgan fingerprint density at radius 2 is 1.70 bits per heavy atom. The maximum absolute atomic E-state index is 13.6. The van der Waals surface area contributed by atoms with Crippen molar-refractivity contribution in [3.8, 4) is 0 Å². The number of thioether (sulfide) groups is 1. The van der Waals surface area contributed by atoms with Crippen molar-refractivity contribution in [1.29, 1.82) is 0 Å². The van der Waals surface area contributed by atoms with E-state index >= 15 is 0 Å². The predicted molar refractivity (Wildman–Crippen MR) is 150 cm³/mol. The molecule has 2 aromatic carbocycles. The Hall–Kier alpha value is -3.36. The molecule has 0 radical (unpaired) electrons. The number of aromatic nitrogens is 2. The predicted octanol–water partition coefficient (Wildman–Crippen LogP) is 5.89. The summed E-state index contributed by atoms with van der Waals surface area (Å²) in [5.74, 6) is -0.338. The number of halogens is 6. The quantitative estimate of drug-likeness (QED) is 0.267. The van der Waals surface area contributed by atoms with Gasteiger partial charge in [-0.15, -0.1) is 0 Å². The Kier molecular flexibility index (Phi) is 7.58. The van der Waals surface area contributed by atoms with Gasteiger partial charge in [0.25, 0.3) is 5.91 Å². The molecule has 1 aromatic heterocycles. The van der Waals surface area contributed by atoms with E-state index in [1.807, 2.05) is 0 Å². The summed E-state index contributed by atoms with van der Waals surface area (Å²) >= 11 is 1.30. The highest BCUT2D eigenvalue weighted by Gasteiger charge is 2.40. The number of aliphatic imine (C=N–C) groups is 1.